The van der Waals surface area contributed by atoms with Gasteiger partial charge in [-0.3, -0.25) is 10.1 Å². The molecule has 10 heteroatoms. The molecule has 0 bridgehead atoms. The van der Waals surface area contributed by atoms with Crippen molar-refractivity contribution >= 4 is 21.9 Å². The average molecular weight is 646 g/mol. The lowest BCUT2D eigenvalue weighted by Crippen LogP contribution is -2.39. The van der Waals surface area contributed by atoms with Gasteiger partial charge in [0, 0.05) is 28.2 Å². The number of rotatable bonds is 12. The number of benzene rings is 4. The SMILES string of the molecule is N#Cc1cccc(COc2cc(OCc3cccc(-c4ccc5c(c4)OCCO5)c3Br)ccc2CNC(CO)C(=O)O)c1. The number of ether oxygens (including phenoxy) is 4. The number of halogens is 1. The number of fused-ring (bicyclic) bond motifs is 1. The lowest BCUT2D eigenvalue weighted by atomic mass is 10.0. The zero-order chi connectivity index (χ0) is 30.2. The fourth-order valence-corrected chi connectivity index (χ4v) is 5.15. The predicted octanol–water partition coefficient (Wildman–Crippen LogP) is 5.45. The second-order valence-electron chi connectivity index (χ2n) is 9.75. The van der Waals surface area contributed by atoms with E-state index in [2.05, 4.69) is 27.3 Å². The standard InChI is InChI=1S/C33H29BrN2O7/c34-32-25(5-2-6-27(32)23-8-10-29-31(14-23)41-12-11-40-29)20-42-26-9-7-24(17-36-28(18-37)33(38)39)30(15-26)43-19-22-4-1-3-21(13-22)16-35/h1-10,13-15,28,36-37H,11-12,17-20H2,(H,38,39). The predicted molar refractivity (Wildman–Crippen MR) is 162 cm³/mol. The van der Waals surface area contributed by atoms with Crippen molar-refractivity contribution in [3.63, 3.8) is 0 Å². The average Bonchev–Trinajstić information content (AvgIpc) is 3.04. The van der Waals surface area contributed by atoms with E-state index < -0.39 is 18.6 Å². The molecule has 1 aliphatic rings. The minimum absolute atomic E-state index is 0.147. The molecular weight excluding hydrogens is 616 g/mol. The highest BCUT2D eigenvalue weighted by Gasteiger charge is 2.18. The van der Waals surface area contributed by atoms with Crippen LogP contribution < -0.4 is 24.3 Å². The summed E-state index contributed by atoms with van der Waals surface area (Å²) in [6.07, 6.45) is 0. The summed E-state index contributed by atoms with van der Waals surface area (Å²) < 4.78 is 24.6. The molecule has 0 saturated heterocycles. The first-order valence-corrected chi connectivity index (χ1v) is 14.4. The van der Waals surface area contributed by atoms with Crippen molar-refractivity contribution in [3.8, 4) is 40.2 Å². The van der Waals surface area contributed by atoms with Crippen LogP contribution in [0.4, 0.5) is 0 Å². The van der Waals surface area contributed by atoms with Gasteiger partial charge in [0.05, 0.1) is 18.2 Å². The minimum atomic E-state index is -1.15. The Balaban J connectivity index is 1.34. The van der Waals surface area contributed by atoms with E-state index >= 15 is 0 Å². The van der Waals surface area contributed by atoms with E-state index in [0.717, 1.165) is 32.5 Å². The fourth-order valence-electron chi connectivity index (χ4n) is 4.55. The summed E-state index contributed by atoms with van der Waals surface area (Å²) in [4.78, 5) is 11.4. The van der Waals surface area contributed by atoms with Crippen LogP contribution in [-0.2, 0) is 24.6 Å². The molecule has 0 saturated carbocycles. The van der Waals surface area contributed by atoms with Crippen molar-refractivity contribution in [2.45, 2.75) is 25.8 Å². The van der Waals surface area contributed by atoms with Gasteiger partial charge in [-0.1, -0.05) is 42.5 Å². The van der Waals surface area contributed by atoms with Crippen LogP contribution in [0.15, 0.2) is 83.3 Å². The highest BCUT2D eigenvalue weighted by atomic mass is 79.9. The van der Waals surface area contributed by atoms with Gasteiger partial charge < -0.3 is 29.2 Å². The first-order valence-electron chi connectivity index (χ1n) is 13.6. The number of nitrogens with zero attached hydrogens (tertiary/aromatic N) is 1. The number of hydrogen-bond donors (Lipinski definition) is 3. The third kappa shape index (κ3) is 7.45. The zero-order valence-electron chi connectivity index (χ0n) is 23.1. The Kier molecular flexibility index (Phi) is 9.79. The fraction of sp³-hybridized carbons (Fsp3) is 0.212. The summed E-state index contributed by atoms with van der Waals surface area (Å²) in [7, 11) is 0. The molecule has 3 N–H and O–H groups in total. The maximum absolute atomic E-state index is 11.4. The largest absolute Gasteiger partial charge is 0.489 e. The van der Waals surface area contributed by atoms with Gasteiger partial charge in [-0.2, -0.15) is 5.26 Å². The van der Waals surface area contributed by atoms with E-state index in [0.29, 0.717) is 41.6 Å². The van der Waals surface area contributed by atoms with Gasteiger partial charge in [0.15, 0.2) is 11.5 Å². The second kappa shape index (κ2) is 14.1. The summed E-state index contributed by atoms with van der Waals surface area (Å²) >= 11 is 3.75. The molecule has 5 rings (SSSR count). The molecular formula is C33H29BrN2O7. The van der Waals surface area contributed by atoms with E-state index in [1.807, 2.05) is 42.5 Å². The third-order valence-corrected chi connectivity index (χ3v) is 7.77. The van der Waals surface area contributed by atoms with Gasteiger partial charge in [-0.15, -0.1) is 0 Å². The number of aliphatic hydroxyl groups is 1. The van der Waals surface area contributed by atoms with Crippen molar-refractivity contribution in [3.05, 3.63) is 106 Å². The number of nitriles is 1. The lowest BCUT2D eigenvalue weighted by Gasteiger charge is -2.19. The van der Waals surface area contributed by atoms with Gasteiger partial charge in [0.25, 0.3) is 0 Å². The number of aliphatic hydroxyl groups excluding tert-OH is 1. The van der Waals surface area contributed by atoms with Gasteiger partial charge in [-0.05, 0) is 63.0 Å². The van der Waals surface area contributed by atoms with Gasteiger partial charge >= 0.3 is 5.97 Å². The van der Waals surface area contributed by atoms with Gasteiger partial charge in [-0.25, -0.2) is 0 Å². The molecule has 0 aromatic heterocycles. The molecule has 0 fully saturated rings. The van der Waals surface area contributed by atoms with Crippen LogP contribution in [0.25, 0.3) is 11.1 Å². The maximum Gasteiger partial charge on any atom is 0.323 e. The summed E-state index contributed by atoms with van der Waals surface area (Å²) in [5, 5.41) is 30.7. The quantitative estimate of drug-likeness (QED) is 0.184. The van der Waals surface area contributed by atoms with E-state index in [9.17, 15) is 20.3 Å². The van der Waals surface area contributed by atoms with E-state index in [1.165, 1.54) is 0 Å². The van der Waals surface area contributed by atoms with Crippen molar-refractivity contribution in [2.24, 2.45) is 0 Å². The molecule has 220 valence electrons. The summed E-state index contributed by atoms with van der Waals surface area (Å²) in [6, 6.07) is 25.3. The Labute approximate surface area is 257 Å². The second-order valence-corrected chi connectivity index (χ2v) is 10.5. The molecule has 0 spiro atoms. The Bertz CT molecular complexity index is 1650. The number of hydrogen-bond acceptors (Lipinski definition) is 8. The first kappa shape index (κ1) is 29.9. The molecule has 43 heavy (non-hydrogen) atoms. The molecule has 0 radical (unpaired) electrons. The highest BCUT2D eigenvalue weighted by molar-refractivity contribution is 9.10. The Morgan fingerprint density at radius 1 is 0.953 bits per heavy atom. The smallest absolute Gasteiger partial charge is 0.323 e. The lowest BCUT2D eigenvalue weighted by molar-refractivity contribution is -0.140. The molecule has 4 aromatic carbocycles. The van der Waals surface area contributed by atoms with Crippen molar-refractivity contribution in [1.82, 2.24) is 5.32 Å². The minimum Gasteiger partial charge on any atom is -0.489 e. The van der Waals surface area contributed by atoms with Crippen LogP contribution in [0.2, 0.25) is 0 Å². The maximum atomic E-state index is 11.4. The molecule has 1 atom stereocenters. The van der Waals surface area contributed by atoms with E-state index in [-0.39, 0.29) is 19.8 Å². The zero-order valence-corrected chi connectivity index (χ0v) is 24.7. The molecule has 1 unspecified atom stereocenters. The summed E-state index contributed by atoms with van der Waals surface area (Å²) in [6.45, 7) is 1.11. The van der Waals surface area contributed by atoms with Gasteiger partial charge in [0.1, 0.15) is 44.0 Å². The van der Waals surface area contributed by atoms with E-state index in [4.69, 9.17) is 18.9 Å². The highest BCUT2D eigenvalue weighted by Crippen LogP contribution is 2.38. The number of carboxylic acids is 1. The molecule has 9 nitrogen and oxygen atoms in total. The first-order chi connectivity index (χ1) is 20.9. The Morgan fingerprint density at radius 3 is 2.56 bits per heavy atom. The number of carboxylic acid groups (broad SMARTS) is 1. The van der Waals surface area contributed by atoms with Crippen LogP contribution >= 0.6 is 15.9 Å². The number of nitrogens with one attached hydrogen (secondary N) is 1. The summed E-state index contributed by atoms with van der Waals surface area (Å²) in [5.41, 5.74) is 4.92. The van der Waals surface area contributed by atoms with Crippen LogP contribution in [-0.4, -0.2) is 42.0 Å². The molecule has 1 aliphatic heterocycles. The van der Waals surface area contributed by atoms with Crippen LogP contribution in [0.3, 0.4) is 0 Å². The molecule has 1 heterocycles. The summed E-state index contributed by atoms with van der Waals surface area (Å²) in [5.74, 6) is 1.33. The van der Waals surface area contributed by atoms with Crippen molar-refractivity contribution in [1.29, 1.82) is 5.26 Å². The topological polar surface area (TPSA) is 130 Å². The van der Waals surface area contributed by atoms with Crippen LogP contribution in [0, 0.1) is 11.3 Å². The van der Waals surface area contributed by atoms with E-state index in [1.54, 1.807) is 36.4 Å². The molecule has 0 aliphatic carbocycles. The Morgan fingerprint density at radius 2 is 1.77 bits per heavy atom. The molecule has 4 aromatic rings. The normalized spacial score (nSPS) is 12.7. The number of aliphatic carboxylic acids is 1. The van der Waals surface area contributed by atoms with Crippen molar-refractivity contribution < 1.29 is 34.0 Å². The Hall–Kier alpha value is -4.56. The molecule has 0 amide bonds. The van der Waals surface area contributed by atoms with Gasteiger partial charge in [0.2, 0.25) is 0 Å². The third-order valence-electron chi connectivity index (χ3n) is 6.83. The van der Waals surface area contributed by atoms with Crippen LogP contribution in [0.1, 0.15) is 22.3 Å². The van der Waals surface area contributed by atoms with Crippen LogP contribution in [0.5, 0.6) is 23.0 Å². The number of carbonyl (C=O) groups is 1. The van der Waals surface area contributed by atoms with Crippen molar-refractivity contribution in [2.75, 3.05) is 19.8 Å². The monoisotopic (exact) mass is 644 g/mol.